The second-order valence-electron chi connectivity index (χ2n) is 3.82. The van der Waals surface area contributed by atoms with E-state index in [1.54, 1.807) is 0 Å². The van der Waals surface area contributed by atoms with Gasteiger partial charge in [-0.15, -0.1) is 0 Å². The number of hydrogen-bond donors (Lipinski definition) is 1. The van der Waals surface area contributed by atoms with Crippen molar-refractivity contribution in [1.29, 1.82) is 0 Å². The number of ether oxygens (including phenoxy) is 1. The van der Waals surface area contributed by atoms with Crippen molar-refractivity contribution in [2.45, 2.75) is 12.5 Å². The van der Waals surface area contributed by atoms with Gasteiger partial charge in [0.15, 0.2) is 0 Å². The molecule has 1 saturated heterocycles. The van der Waals surface area contributed by atoms with Gasteiger partial charge < -0.3 is 10.5 Å². The third-order valence-electron chi connectivity index (χ3n) is 2.79. The Hall–Kier alpha value is -0.0900. The van der Waals surface area contributed by atoms with Crippen LogP contribution in [-0.4, -0.2) is 13.2 Å². The topological polar surface area (TPSA) is 35.2 Å². The zero-order valence-corrected chi connectivity index (χ0v) is 10.6. The van der Waals surface area contributed by atoms with Gasteiger partial charge in [-0.1, -0.05) is 33.6 Å². The van der Waals surface area contributed by atoms with E-state index in [1.165, 1.54) is 0 Å². The molecule has 0 aromatic heterocycles. The highest BCUT2D eigenvalue weighted by molar-refractivity contribution is 9.10. The maximum Gasteiger partial charge on any atom is 0.0513 e. The first-order valence-corrected chi connectivity index (χ1v) is 6.14. The molecule has 1 fully saturated rings. The second kappa shape index (κ2) is 4.83. The monoisotopic (exact) mass is 289 g/mol. The van der Waals surface area contributed by atoms with E-state index < -0.39 is 0 Å². The fraction of sp³-hybridized carbons (Fsp3) is 0.455. The van der Waals surface area contributed by atoms with E-state index >= 15 is 0 Å². The first-order valence-electron chi connectivity index (χ1n) is 4.97. The van der Waals surface area contributed by atoms with Gasteiger partial charge in [0.25, 0.3) is 0 Å². The Bertz CT molecular complexity index is 352. The molecule has 4 heteroatoms. The summed E-state index contributed by atoms with van der Waals surface area (Å²) in [6.45, 7) is 1.58. The third-order valence-corrected chi connectivity index (χ3v) is 3.72. The smallest absolute Gasteiger partial charge is 0.0513 e. The summed E-state index contributed by atoms with van der Waals surface area (Å²) < 4.78 is 6.32. The lowest BCUT2D eigenvalue weighted by Gasteiger charge is -2.19. The van der Waals surface area contributed by atoms with Gasteiger partial charge in [-0.2, -0.15) is 0 Å². The lowest BCUT2D eigenvalue weighted by molar-refractivity contribution is 0.181. The molecule has 0 aliphatic carbocycles. The second-order valence-corrected chi connectivity index (χ2v) is 5.11. The number of hydrogen-bond acceptors (Lipinski definition) is 2. The Morgan fingerprint density at radius 2 is 2.33 bits per heavy atom. The Labute approximate surface area is 103 Å². The molecule has 2 N–H and O–H groups in total. The molecule has 2 unspecified atom stereocenters. The van der Waals surface area contributed by atoms with Gasteiger partial charge in [-0.05, 0) is 24.1 Å². The van der Waals surface area contributed by atoms with Crippen molar-refractivity contribution in [3.05, 3.63) is 33.3 Å². The average Bonchev–Trinajstić information content (AvgIpc) is 2.69. The normalized spacial score (nSPS) is 23.0. The van der Waals surface area contributed by atoms with Gasteiger partial charge in [-0.25, -0.2) is 0 Å². The molecule has 0 bridgehead atoms. The maximum absolute atomic E-state index is 6.20. The van der Waals surface area contributed by atoms with E-state index in [4.69, 9.17) is 22.1 Å². The molecular weight excluding hydrogens is 277 g/mol. The molecule has 0 amide bonds. The SMILES string of the molecule is NC(c1ccc(Cl)cc1Br)C1CCOC1. The summed E-state index contributed by atoms with van der Waals surface area (Å²) in [4.78, 5) is 0. The number of halogens is 2. The van der Waals surface area contributed by atoms with E-state index in [0.29, 0.717) is 5.92 Å². The van der Waals surface area contributed by atoms with Crippen molar-refractivity contribution >= 4 is 27.5 Å². The molecule has 2 nitrogen and oxygen atoms in total. The highest BCUT2D eigenvalue weighted by Gasteiger charge is 2.25. The summed E-state index contributed by atoms with van der Waals surface area (Å²) in [7, 11) is 0. The maximum atomic E-state index is 6.20. The minimum Gasteiger partial charge on any atom is -0.381 e. The average molecular weight is 291 g/mol. The van der Waals surface area contributed by atoms with Crippen LogP contribution >= 0.6 is 27.5 Å². The predicted octanol–water partition coefficient (Wildman–Crippen LogP) is 3.14. The van der Waals surface area contributed by atoms with Gasteiger partial charge in [0.05, 0.1) is 6.61 Å². The molecular formula is C11H13BrClNO. The minimum atomic E-state index is 0.0270. The lowest BCUT2D eigenvalue weighted by atomic mass is 9.93. The van der Waals surface area contributed by atoms with Crippen molar-refractivity contribution in [1.82, 2.24) is 0 Å². The number of nitrogens with two attached hydrogens (primary N) is 1. The fourth-order valence-electron chi connectivity index (χ4n) is 1.86. The van der Waals surface area contributed by atoms with E-state index in [-0.39, 0.29) is 6.04 Å². The Morgan fingerprint density at radius 3 is 2.93 bits per heavy atom. The van der Waals surface area contributed by atoms with Crippen LogP contribution in [0.2, 0.25) is 5.02 Å². The standard InChI is InChI=1S/C11H13BrClNO/c12-10-5-8(13)1-2-9(10)11(14)7-3-4-15-6-7/h1-2,5,7,11H,3-4,6,14H2. The van der Waals surface area contributed by atoms with Crippen LogP contribution in [0.3, 0.4) is 0 Å². The number of rotatable bonds is 2. The van der Waals surface area contributed by atoms with Gasteiger partial charge >= 0.3 is 0 Å². The van der Waals surface area contributed by atoms with Crippen molar-refractivity contribution < 1.29 is 4.74 Å². The van der Waals surface area contributed by atoms with Gasteiger partial charge in [0, 0.05) is 28.1 Å². The Morgan fingerprint density at radius 1 is 1.53 bits per heavy atom. The quantitative estimate of drug-likeness (QED) is 0.908. The van der Waals surface area contributed by atoms with Crippen LogP contribution in [0.4, 0.5) is 0 Å². The Kier molecular flexibility index (Phi) is 3.67. The van der Waals surface area contributed by atoms with Gasteiger partial charge in [0.2, 0.25) is 0 Å². The first-order chi connectivity index (χ1) is 7.18. The van der Waals surface area contributed by atoms with E-state index in [2.05, 4.69) is 15.9 Å². The van der Waals surface area contributed by atoms with Crippen molar-refractivity contribution in [2.24, 2.45) is 11.7 Å². The van der Waals surface area contributed by atoms with Crippen LogP contribution in [0, 0.1) is 5.92 Å². The summed E-state index contributed by atoms with van der Waals surface area (Å²) in [5.74, 6) is 0.419. The van der Waals surface area contributed by atoms with Crippen LogP contribution in [0.1, 0.15) is 18.0 Å². The predicted molar refractivity (Wildman–Crippen MR) is 65.0 cm³/mol. The van der Waals surface area contributed by atoms with Crippen LogP contribution in [0.25, 0.3) is 0 Å². The van der Waals surface area contributed by atoms with Crippen molar-refractivity contribution in [2.75, 3.05) is 13.2 Å². The first kappa shape index (κ1) is 11.4. The van der Waals surface area contributed by atoms with E-state index in [0.717, 1.165) is 34.7 Å². The third kappa shape index (κ3) is 2.53. The van der Waals surface area contributed by atoms with Crippen molar-refractivity contribution in [3.8, 4) is 0 Å². The zero-order chi connectivity index (χ0) is 10.8. The highest BCUT2D eigenvalue weighted by Crippen LogP contribution is 2.32. The molecule has 0 radical (unpaired) electrons. The lowest BCUT2D eigenvalue weighted by Crippen LogP contribution is -2.21. The van der Waals surface area contributed by atoms with E-state index in [9.17, 15) is 0 Å². The molecule has 1 aromatic carbocycles. The summed E-state index contributed by atoms with van der Waals surface area (Å²) in [5.41, 5.74) is 7.30. The molecule has 1 aromatic rings. The molecule has 2 rings (SSSR count). The molecule has 1 heterocycles. The van der Waals surface area contributed by atoms with Crippen LogP contribution in [0.5, 0.6) is 0 Å². The van der Waals surface area contributed by atoms with Crippen LogP contribution < -0.4 is 5.73 Å². The molecule has 1 aliphatic rings. The molecule has 15 heavy (non-hydrogen) atoms. The van der Waals surface area contributed by atoms with Gasteiger partial charge in [-0.3, -0.25) is 0 Å². The molecule has 1 aliphatic heterocycles. The summed E-state index contributed by atoms with van der Waals surface area (Å²) >= 11 is 9.38. The molecule has 82 valence electrons. The highest BCUT2D eigenvalue weighted by atomic mass is 79.9. The minimum absolute atomic E-state index is 0.0270. The fourth-order valence-corrected chi connectivity index (χ4v) is 2.81. The van der Waals surface area contributed by atoms with Crippen molar-refractivity contribution in [3.63, 3.8) is 0 Å². The Balaban J connectivity index is 2.20. The van der Waals surface area contributed by atoms with E-state index in [1.807, 2.05) is 18.2 Å². The summed E-state index contributed by atoms with van der Waals surface area (Å²) in [5, 5.41) is 0.723. The summed E-state index contributed by atoms with van der Waals surface area (Å²) in [6.07, 6.45) is 1.04. The zero-order valence-electron chi connectivity index (χ0n) is 8.25. The van der Waals surface area contributed by atoms with Gasteiger partial charge in [0.1, 0.15) is 0 Å². The molecule has 2 atom stereocenters. The molecule has 0 spiro atoms. The summed E-state index contributed by atoms with van der Waals surface area (Å²) in [6, 6.07) is 5.76. The number of benzene rings is 1. The largest absolute Gasteiger partial charge is 0.381 e. The van der Waals surface area contributed by atoms with Crippen LogP contribution in [-0.2, 0) is 4.74 Å². The molecule has 0 saturated carbocycles. The van der Waals surface area contributed by atoms with Crippen LogP contribution in [0.15, 0.2) is 22.7 Å².